The number of ether oxygens (including phenoxy) is 1. The van der Waals surface area contributed by atoms with Crippen molar-refractivity contribution in [3.05, 3.63) is 65.4 Å². The van der Waals surface area contributed by atoms with Crippen molar-refractivity contribution < 1.29 is 27.4 Å². The summed E-state index contributed by atoms with van der Waals surface area (Å²) in [5.41, 5.74) is 3.91. The van der Waals surface area contributed by atoms with E-state index in [0.29, 0.717) is 48.9 Å². The second-order valence-corrected chi connectivity index (χ2v) is 10.6. The molecule has 9 nitrogen and oxygen atoms in total. The lowest BCUT2D eigenvalue weighted by molar-refractivity contribution is -0.0888. The molecule has 1 amide bonds. The summed E-state index contributed by atoms with van der Waals surface area (Å²) >= 11 is 2.16. The van der Waals surface area contributed by atoms with Gasteiger partial charge in [-0.05, 0) is 64.4 Å². The molecule has 1 aliphatic carbocycles. The average molecular weight is 641 g/mol. The van der Waals surface area contributed by atoms with E-state index in [1.165, 1.54) is 6.20 Å². The molecule has 0 bridgehead atoms. The van der Waals surface area contributed by atoms with Crippen LogP contribution in [0, 0.1) is 6.92 Å². The summed E-state index contributed by atoms with van der Waals surface area (Å²) in [5.74, 6) is -2.92. The van der Waals surface area contributed by atoms with E-state index in [4.69, 9.17) is 13.8 Å². The predicted molar refractivity (Wildman–Crippen MR) is 142 cm³/mol. The van der Waals surface area contributed by atoms with Crippen LogP contribution in [0.15, 0.2) is 47.2 Å². The van der Waals surface area contributed by atoms with E-state index in [0.717, 1.165) is 11.1 Å². The molecular weight excluding hydrogens is 618 g/mol. The lowest BCUT2D eigenvalue weighted by Gasteiger charge is -2.32. The van der Waals surface area contributed by atoms with Gasteiger partial charge >= 0.3 is 0 Å². The van der Waals surface area contributed by atoms with Gasteiger partial charge in [0.2, 0.25) is 5.92 Å². The first-order chi connectivity index (χ1) is 17.8. The molecule has 4 aromatic rings. The monoisotopic (exact) mass is 641 g/mol. The number of benzene rings is 1. The minimum absolute atomic E-state index is 0.214. The van der Waals surface area contributed by atoms with E-state index >= 15 is 0 Å². The lowest BCUT2D eigenvalue weighted by Crippen LogP contribution is -2.34. The van der Waals surface area contributed by atoms with Crippen molar-refractivity contribution in [1.29, 1.82) is 0 Å². The summed E-state index contributed by atoms with van der Waals surface area (Å²) in [6.45, 7) is 3.74. The van der Waals surface area contributed by atoms with Gasteiger partial charge in [-0.15, -0.1) is 0 Å². The van der Waals surface area contributed by atoms with Crippen LogP contribution in [0.25, 0.3) is 17.1 Å². The number of imidazole rings is 1. The zero-order valence-corrected chi connectivity index (χ0v) is 22.9. The van der Waals surface area contributed by atoms with Crippen molar-refractivity contribution in [1.82, 2.24) is 19.5 Å². The van der Waals surface area contributed by atoms with Gasteiger partial charge in [0, 0.05) is 36.2 Å². The molecule has 0 aliphatic heterocycles. The fourth-order valence-corrected chi connectivity index (χ4v) is 4.87. The number of aryl methyl sites for hydroxylation is 1. The van der Waals surface area contributed by atoms with Crippen molar-refractivity contribution in [2.24, 2.45) is 0 Å². The summed E-state index contributed by atoms with van der Waals surface area (Å²) < 4.78 is 44.3. The van der Waals surface area contributed by atoms with Crippen LogP contribution in [-0.4, -0.2) is 44.6 Å². The SMILES string of the molecule is Cc1ccc(-c2nc(C3CC(F)(F)C3)no2)cc1NC(=O)c1cnc2cc(COCCOPI)ccn12. The molecule has 1 fully saturated rings. The maximum absolute atomic E-state index is 13.2. The second kappa shape index (κ2) is 11.1. The van der Waals surface area contributed by atoms with E-state index in [-0.39, 0.29) is 30.5 Å². The van der Waals surface area contributed by atoms with Crippen molar-refractivity contribution in [3.8, 4) is 11.5 Å². The van der Waals surface area contributed by atoms with Gasteiger partial charge in [-0.3, -0.25) is 9.20 Å². The number of alkyl halides is 2. The summed E-state index contributed by atoms with van der Waals surface area (Å²) in [7, 11) is 0. The number of carbonyl (C=O) groups is 1. The molecule has 5 rings (SSSR count). The minimum atomic E-state index is -2.66. The van der Waals surface area contributed by atoms with Gasteiger partial charge in [0.25, 0.3) is 11.8 Å². The number of nitrogens with zero attached hydrogens (tertiary/aromatic N) is 4. The Morgan fingerprint density at radius 1 is 1.30 bits per heavy atom. The highest BCUT2D eigenvalue weighted by atomic mass is 127. The van der Waals surface area contributed by atoms with E-state index in [1.807, 2.05) is 25.1 Å². The third-order valence-corrected chi connectivity index (χ3v) is 7.34. The maximum Gasteiger partial charge on any atom is 0.274 e. The van der Waals surface area contributed by atoms with Crippen LogP contribution in [-0.2, 0) is 15.9 Å². The highest BCUT2D eigenvalue weighted by molar-refractivity contribution is 14.2. The van der Waals surface area contributed by atoms with Gasteiger partial charge in [0.05, 0.1) is 32.5 Å². The number of hydrogen-bond acceptors (Lipinski definition) is 7. The number of halogens is 3. The molecule has 0 spiro atoms. The Bertz CT molecular complexity index is 1420. The summed E-state index contributed by atoms with van der Waals surface area (Å²) in [5, 5.41) is 6.79. The van der Waals surface area contributed by atoms with Crippen molar-refractivity contribution in [2.75, 3.05) is 18.5 Å². The molecule has 1 unspecified atom stereocenters. The molecule has 1 N–H and O–H groups in total. The van der Waals surface area contributed by atoms with Crippen LogP contribution >= 0.6 is 28.5 Å². The number of fused-ring (bicyclic) bond motifs is 1. The quantitative estimate of drug-likeness (QED) is 0.130. The Labute approximate surface area is 225 Å². The number of amides is 1. The molecule has 194 valence electrons. The zero-order valence-electron chi connectivity index (χ0n) is 19.7. The lowest BCUT2D eigenvalue weighted by atomic mass is 9.81. The van der Waals surface area contributed by atoms with E-state index in [2.05, 4.69) is 42.5 Å². The molecule has 0 saturated heterocycles. The number of rotatable bonds is 10. The summed E-state index contributed by atoms with van der Waals surface area (Å²) in [4.78, 5) is 21.8. The van der Waals surface area contributed by atoms with Gasteiger partial charge < -0.3 is 19.1 Å². The topological polar surface area (TPSA) is 104 Å². The smallest absolute Gasteiger partial charge is 0.274 e. The number of nitrogens with one attached hydrogen (secondary N) is 1. The molecular formula is C24H23F2IN5O4P. The number of anilines is 1. The summed E-state index contributed by atoms with van der Waals surface area (Å²) in [6.07, 6.45) is 2.75. The molecule has 3 heterocycles. The molecule has 1 atom stereocenters. The second-order valence-electron chi connectivity index (χ2n) is 8.79. The van der Waals surface area contributed by atoms with Crippen LogP contribution in [0.3, 0.4) is 0 Å². The van der Waals surface area contributed by atoms with Crippen molar-refractivity contribution in [2.45, 2.75) is 38.2 Å². The number of hydrogen-bond donors (Lipinski definition) is 1. The fraction of sp³-hybridized carbons (Fsp3) is 0.333. The van der Waals surface area contributed by atoms with Gasteiger partial charge in [-0.1, -0.05) is 11.2 Å². The van der Waals surface area contributed by atoms with E-state index in [1.54, 1.807) is 22.7 Å². The Hall–Kier alpha value is -2.54. The molecule has 3 aromatic heterocycles. The van der Waals surface area contributed by atoms with Crippen LogP contribution in [0.5, 0.6) is 0 Å². The third kappa shape index (κ3) is 5.97. The van der Waals surface area contributed by atoms with Gasteiger partial charge in [0.15, 0.2) is 5.82 Å². The van der Waals surface area contributed by atoms with Gasteiger partial charge in [0.1, 0.15) is 11.3 Å². The zero-order chi connectivity index (χ0) is 26.0. The van der Waals surface area contributed by atoms with Crippen molar-refractivity contribution >= 4 is 45.7 Å². The van der Waals surface area contributed by atoms with Crippen LogP contribution in [0.4, 0.5) is 14.5 Å². The fourth-order valence-electron chi connectivity index (χ4n) is 4.05. The largest absolute Gasteiger partial charge is 0.374 e. The molecule has 37 heavy (non-hydrogen) atoms. The number of pyridine rings is 1. The van der Waals surface area contributed by atoms with Crippen LogP contribution in [0.1, 0.15) is 46.2 Å². The number of aromatic nitrogens is 4. The molecule has 1 aromatic carbocycles. The highest BCUT2D eigenvalue weighted by Gasteiger charge is 2.48. The molecule has 1 aliphatic rings. The van der Waals surface area contributed by atoms with E-state index in [9.17, 15) is 13.6 Å². The van der Waals surface area contributed by atoms with Crippen LogP contribution < -0.4 is 5.32 Å². The Morgan fingerprint density at radius 3 is 2.92 bits per heavy atom. The Balaban J connectivity index is 1.27. The first-order valence-electron chi connectivity index (χ1n) is 11.5. The number of carbonyl (C=O) groups excluding carboxylic acids is 1. The Morgan fingerprint density at radius 2 is 2.14 bits per heavy atom. The minimum Gasteiger partial charge on any atom is -0.374 e. The average Bonchev–Trinajstić information content (AvgIpc) is 3.51. The maximum atomic E-state index is 13.2. The third-order valence-electron chi connectivity index (χ3n) is 6.09. The molecule has 13 heteroatoms. The predicted octanol–water partition coefficient (Wildman–Crippen LogP) is 5.93. The first-order valence-corrected chi connectivity index (χ1v) is 15.5. The molecule has 0 radical (unpaired) electrons. The van der Waals surface area contributed by atoms with Crippen molar-refractivity contribution in [3.63, 3.8) is 0 Å². The Kier molecular flexibility index (Phi) is 7.80. The van der Waals surface area contributed by atoms with E-state index < -0.39 is 11.8 Å². The van der Waals surface area contributed by atoms with Crippen LogP contribution in [0.2, 0.25) is 0 Å². The first kappa shape index (κ1) is 26.1. The van der Waals surface area contributed by atoms with Gasteiger partial charge in [-0.2, -0.15) is 4.98 Å². The standard InChI is InChI=1S/C24H23F2IN5O4P/c1-14-2-3-16(23-30-21(31-36-23)17-10-24(25,26)11-17)9-18(14)29-22(33)19-12-28-20-8-15(4-5-32(19)20)13-34-6-7-35-37-27/h2-5,8-9,12,17,37H,6-7,10-11,13H2,1H3,(H,29,33). The highest BCUT2D eigenvalue weighted by Crippen LogP contribution is 2.47. The summed E-state index contributed by atoms with van der Waals surface area (Å²) in [6, 6.07) is 9.07. The van der Waals surface area contributed by atoms with Gasteiger partial charge in [-0.25, -0.2) is 13.8 Å². The molecule has 1 saturated carbocycles. The normalized spacial score (nSPS) is 15.5.